The molecule has 2 N–H and O–H groups in total. The molecular formula is C22H15N3O. The van der Waals surface area contributed by atoms with Crippen molar-refractivity contribution >= 4 is 43.8 Å². The largest absolute Gasteiger partial charge is 0.493 e. The van der Waals surface area contributed by atoms with Crippen molar-refractivity contribution < 1.29 is 5.11 Å². The molecule has 0 bridgehead atoms. The zero-order chi connectivity index (χ0) is 17.5. The van der Waals surface area contributed by atoms with E-state index in [4.69, 9.17) is 0 Å². The van der Waals surface area contributed by atoms with Crippen LogP contribution in [0.3, 0.4) is 0 Å². The minimum Gasteiger partial charge on any atom is -0.493 e. The summed E-state index contributed by atoms with van der Waals surface area (Å²) in [5, 5.41) is 24.4. The number of aromatic nitrogens is 1. The third-order valence-electron chi connectivity index (χ3n) is 4.62. The molecule has 0 aliphatic heterocycles. The molecule has 124 valence electrons. The summed E-state index contributed by atoms with van der Waals surface area (Å²) >= 11 is 0. The molecule has 4 aromatic carbocycles. The first-order valence-electron chi connectivity index (χ1n) is 8.42. The number of H-pyrrole nitrogens is 1. The fourth-order valence-corrected chi connectivity index (χ4v) is 3.38. The third-order valence-corrected chi connectivity index (χ3v) is 4.62. The summed E-state index contributed by atoms with van der Waals surface area (Å²) in [6, 6.07) is 26.1. The second-order valence-corrected chi connectivity index (χ2v) is 6.27. The number of benzene rings is 4. The number of fused-ring (bicyclic) bond motifs is 4. The molecule has 0 saturated heterocycles. The van der Waals surface area contributed by atoms with E-state index in [2.05, 4.69) is 45.5 Å². The summed E-state index contributed by atoms with van der Waals surface area (Å²) in [4.78, 5) is 3.01. The molecule has 0 saturated carbocycles. The van der Waals surface area contributed by atoms with Gasteiger partial charge in [-0.1, -0.05) is 48.5 Å². The van der Waals surface area contributed by atoms with Gasteiger partial charge in [-0.25, -0.2) is 0 Å². The van der Waals surface area contributed by atoms with E-state index in [1.54, 1.807) is 0 Å². The summed E-state index contributed by atoms with van der Waals surface area (Å²) in [6.07, 6.45) is 0. The van der Waals surface area contributed by atoms with Crippen LogP contribution in [-0.4, -0.2) is 10.1 Å². The number of nitrogens with one attached hydrogen (secondary N) is 1. The van der Waals surface area contributed by atoms with Gasteiger partial charge in [0.05, 0.1) is 11.2 Å². The van der Waals surface area contributed by atoms with Crippen molar-refractivity contribution in [2.24, 2.45) is 10.2 Å². The van der Waals surface area contributed by atoms with Crippen LogP contribution in [0, 0.1) is 0 Å². The number of aromatic hydroxyl groups is 1. The second-order valence-electron chi connectivity index (χ2n) is 6.27. The molecule has 26 heavy (non-hydrogen) atoms. The Kier molecular flexibility index (Phi) is 3.22. The molecule has 0 fully saturated rings. The van der Waals surface area contributed by atoms with Crippen LogP contribution in [0.15, 0.2) is 89.1 Å². The maximum atomic E-state index is 10.4. The minimum absolute atomic E-state index is 0.0281. The number of rotatable bonds is 2. The third kappa shape index (κ3) is 2.31. The van der Waals surface area contributed by atoms with Crippen molar-refractivity contribution in [2.75, 3.05) is 0 Å². The van der Waals surface area contributed by atoms with Crippen LogP contribution < -0.4 is 0 Å². The maximum Gasteiger partial charge on any atom is 0.218 e. The van der Waals surface area contributed by atoms with Crippen LogP contribution in [0.2, 0.25) is 0 Å². The lowest BCUT2D eigenvalue weighted by Crippen LogP contribution is -1.78. The Morgan fingerprint density at radius 2 is 1.42 bits per heavy atom. The van der Waals surface area contributed by atoms with E-state index in [9.17, 15) is 5.11 Å². The van der Waals surface area contributed by atoms with Crippen molar-refractivity contribution in [2.45, 2.75) is 0 Å². The quantitative estimate of drug-likeness (QED) is 0.277. The summed E-state index contributed by atoms with van der Waals surface area (Å²) in [7, 11) is 0. The van der Waals surface area contributed by atoms with Gasteiger partial charge in [0, 0.05) is 5.39 Å². The van der Waals surface area contributed by atoms with Gasteiger partial charge in [-0.05, 0) is 51.9 Å². The number of hydrogen-bond donors (Lipinski definition) is 2. The first kappa shape index (κ1) is 14.7. The Hall–Kier alpha value is -3.66. The zero-order valence-corrected chi connectivity index (χ0v) is 13.8. The van der Waals surface area contributed by atoms with Gasteiger partial charge in [0.25, 0.3) is 0 Å². The molecule has 0 amide bonds. The SMILES string of the molecule is Oc1[nH]c2ccc3cc4ccccc4cc3c2c1N=Nc1ccccc1. The van der Waals surface area contributed by atoms with E-state index in [1.807, 2.05) is 48.5 Å². The number of hydrogen-bond acceptors (Lipinski definition) is 3. The van der Waals surface area contributed by atoms with E-state index in [1.165, 1.54) is 5.39 Å². The lowest BCUT2D eigenvalue weighted by molar-refractivity contribution is 0.459. The van der Waals surface area contributed by atoms with E-state index < -0.39 is 0 Å². The van der Waals surface area contributed by atoms with Crippen LogP contribution in [0.5, 0.6) is 5.88 Å². The Labute approximate surface area is 149 Å². The maximum absolute atomic E-state index is 10.4. The molecule has 4 heteroatoms. The van der Waals surface area contributed by atoms with Gasteiger partial charge in [-0.15, -0.1) is 5.11 Å². The van der Waals surface area contributed by atoms with Crippen molar-refractivity contribution in [3.05, 3.63) is 78.9 Å². The van der Waals surface area contributed by atoms with Crippen molar-refractivity contribution in [3.63, 3.8) is 0 Å². The lowest BCUT2D eigenvalue weighted by atomic mass is 10.0. The molecule has 0 atom stereocenters. The molecule has 0 aliphatic rings. The fraction of sp³-hybridized carbons (Fsp3) is 0. The molecule has 1 aromatic heterocycles. The molecular weight excluding hydrogens is 322 g/mol. The van der Waals surface area contributed by atoms with Gasteiger partial charge in [0.1, 0.15) is 0 Å². The first-order valence-corrected chi connectivity index (χ1v) is 8.42. The summed E-state index contributed by atoms with van der Waals surface area (Å²) < 4.78 is 0. The van der Waals surface area contributed by atoms with Gasteiger partial charge in [-0.2, -0.15) is 5.11 Å². The fourth-order valence-electron chi connectivity index (χ4n) is 3.38. The average molecular weight is 337 g/mol. The Morgan fingerprint density at radius 1 is 0.692 bits per heavy atom. The molecule has 0 spiro atoms. The van der Waals surface area contributed by atoms with E-state index >= 15 is 0 Å². The normalized spacial score (nSPS) is 11.8. The van der Waals surface area contributed by atoms with E-state index in [0.29, 0.717) is 5.69 Å². The van der Waals surface area contributed by atoms with Crippen LogP contribution in [0.4, 0.5) is 11.4 Å². The lowest BCUT2D eigenvalue weighted by Gasteiger charge is -2.04. The molecule has 0 aliphatic carbocycles. The highest BCUT2D eigenvalue weighted by molar-refractivity contribution is 6.16. The van der Waals surface area contributed by atoms with Gasteiger partial charge in [-0.3, -0.25) is 0 Å². The van der Waals surface area contributed by atoms with Crippen molar-refractivity contribution in [3.8, 4) is 5.88 Å². The van der Waals surface area contributed by atoms with Crippen LogP contribution in [-0.2, 0) is 0 Å². The second kappa shape index (κ2) is 5.70. The highest BCUT2D eigenvalue weighted by Crippen LogP contribution is 2.41. The van der Waals surface area contributed by atoms with E-state index in [-0.39, 0.29) is 5.88 Å². The van der Waals surface area contributed by atoms with Gasteiger partial charge < -0.3 is 10.1 Å². The Bertz CT molecular complexity index is 1290. The number of azo groups is 1. The van der Waals surface area contributed by atoms with Gasteiger partial charge in [0.15, 0.2) is 5.69 Å². The first-order chi connectivity index (χ1) is 12.8. The predicted molar refractivity (Wildman–Crippen MR) is 106 cm³/mol. The van der Waals surface area contributed by atoms with Gasteiger partial charge in [0.2, 0.25) is 5.88 Å². The van der Waals surface area contributed by atoms with Crippen molar-refractivity contribution in [1.82, 2.24) is 4.98 Å². The molecule has 4 nitrogen and oxygen atoms in total. The molecule has 0 unspecified atom stereocenters. The molecule has 5 rings (SSSR count). The smallest absolute Gasteiger partial charge is 0.218 e. The Morgan fingerprint density at radius 3 is 2.23 bits per heavy atom. The topological polar surface area (TPSA) is 60.7 Å². The molecule has 5 aromatic rings. The molecule has 0 radical (unpaired) electrons. The highest BCUT2D eigenvalue weighted by Gasteiger charge is 2.14. The van der Waals surface area contributed by atoms with E-state index in [0.717, 1.165) is 32.7 Å². The number of nitrogens with zero attached hydrogens (tertiary/aromatic N) is 2. The predicted octanol–water partition coefficient (Wildman–Crippen LogP) is 6.60. The van der Waals surface area contributed by atoms with Gasteiger partial charge >= 0.3 is 0 Å². The standard InChI is InChI=1S/C22H15N3O/c26-22-21(25-24-17-8-2-1-3-9-17)20-18-13-15-7-5-4-6-14(15)12-16(18)10-11-19(20)23-22/h1-13,23,26H. The van der Waals surface area contributed by atoms with Crippen LogP contribution in [0.25, 0.3) is 32.4 Å². The average Bonchev–Trinajstić information content (AvgIpc) is 3.01. The monoisotopic (exact) mass is 337 g/mol. The summed E-state index contributed by atoms with van der Waals surface area (Å²) in [5.41, 5.74) is 2.05. The Balaban J connectivity index is 1.79. The summed E-state index contributed by atoms with van der Waals surface area (Å²) in [5.74, 6) is 0.0281. The van der Waals surface area contributed by atoms with Crippen LogP contribution in [0.1, 0.15) is 0 Å². The minimum atomic E-state index is 0.0281. The number of aromatic amines is 1. The van der Waals surface area contributed by atoms with Crippen molar-refractivity contribution in [1.29, 1.82) is 0 Å². The van der Waals surface area contributed by atoms with Crippen LogP contribution >= 0.6 is 0 Å². The zero-order valence-electron chi connectivity index (χ0n) is 13.8. The summed E-state index contributed by atoms with van der Waals surface area (Å²) in [6.45, 7) is 0. The molecule has 1 heterocycles. The highest BCUT2D eigenvalue weighted by atomic mass is 16.3.